The third-order valence-corrected chi connectivity index (χ3v) is 3.08. The summed E-state index contributed by atoms with van der Waals surface area (Å²) in [6, 6.07) is 0. The van der Waals surface area contributed by atoms with E-state index in [-0.39, 0.29) is 0 Å². The van der Waals surface area contributed by atoms with Crippen molar-refractivity contribution >= 4 is 0 Å². The van der Waals surface area contributed by atoms with Crippen molar-refractivity contribution in [3.63, 3.8) is 0 Å². The molecule has 4 nitrogen and oxygen atoms in total. The van der Waals surface area contributed by atoms with Gasteiger partial charge >= 0.3 is 0 Å². The Balaban J connectivity index is 1.79. The summed E-state index contributed by atoms with van der Waals surface area (Å²) in [5.41, 5.74) is 6.24. The summed E-state index contributed by atoms with van der Waals surface area (Å²) < 4.78 is 5.63. The van der Waals surface area contributed by atoms with E-state index in [0.29, 0.717) is 18.3 Å². The molecule has 1 heterocycles. The van der Waals surface area contributed by atoms with Crippen LogP contribution in [0.3, 0.4) is 0 Å². The van der Waals surface area contributed by atoms with Crippen LogP contribution >= 0.6 is 0 Å². The number of hydrogen-bond acceptors (Lipinski definition) is 4. The molecule has 0 aromatic carbocycles. The van der Waals surface area contributed by atoms with Crippen molar-refractivity contribution in [2.24, 2.45) is 11.7 Å². The molecule has 1 saturated carbocycles. The molecule has 1 aliphatic carbocycles. The first-order valence-electron chi connectivity index (χ1n) is 6.02. The molecule has 0 radical (unpaired) electrons. The number of ether oxygens (including phenoxy) is 1. The van der Waals surface area contributed by atoms with E-state index < -0.39 is 0 Å². The SMILES string of the molecule is NCc1cnc(OCC2CCCCC2)cn1. The lowest BCUT2D eigenvalue weighted by Crippen LogP contribution is -2.15. The standard InChI is InChI=1S/C12H19N3O/c13-6-11-7-15-12(8-14-11)16-9-10-4-2-1-3-5-10/h7-8,10H,1-6,9,13H2. The van der Waals surface area contributed by atoms with Gasteiger partial charge < -0.3 is 10.5 Å². The van der Waals surface area contributed by atoms with E-state index in [1.807, 2.05) is 0 Å². The molecule has 16 heavy (non-hydrogen) atoms. The Morgan fingerprint density at radius 1 is 1.19 bits per heavy atom. The maximum atomic E-state index is 5.63. The van der Waals surface area contributed by atoms with Crippen LogP contribution in [0.4, 0.5) is 0 Å². The minimum atomic E-state index is 0.426. The normalized spacial score (nSPS) is 17.3. The molecule has 2 rings (SSSR count). The van der Waals surface area contributed by atoms with Crippen molar-refractivity contribution < 1.29 is 4.74 Å². The Morgan fingerprint density at radius 3 is 2.62 bits per heavy atom. The fraction of sp³-hybridized carbons (Fsp3) is 0.667. The molecule has 0 spiro atoms. The molecule has 0 aliphatic heterocycles. The van der Waals surface area contributed by atoms with Crippen LogP contribution in [0.1, 0.15) is 37.8 Å². The fourth-order valence-corrected chi connectivity index (χ4v) is 2.08. The van der Waals surface area contributed by atoms with Gasteiger partial charge in [-0.15, -0.1) is 0 Å². The number of rotatable bonds is 4. The highest BCUT2D eigenvalue weighted by Gasteiger charge is 2.14. The summed E-state index contributed by atoms with van der Waals surface area (Å²) in [6.07, 6.45) is 9.96. The quantitative estimate of drug-likeness (QED) is 0.843. The van der Waals surface area contributed by atoms with Crippen molar-refractivity contribution in [3.05, 3.63) is 18.1 Å². The van der Waals surface area contributed by atoms with E-state index in [4.69, 9.17) is 10.5 Å². The van der Waals surface area contributed by atoms with Gasteiger partial charge in [0.25, 0.3) is 0 Å². The highest BCUT2D eigenvalue weighted by molar-refractivity contribution is 5.06. The van der Waals surface area contributed by atoms with Gasteiger partial charge in [0.1, 0.15) is 0 Å². The maximum absolute atomic E-state index is 5.63. The molecule has 0 atom stereocenters. The minimum Gasteiger partial charge on any atom is -0.476 e. The second-order valence-electron chi connectivity index (χ2n) is 4.37. The smallest absolute Gasteiger partial charge is 0.232 e. The van der Waals surface area contributed by atoms with E-state index in [0.717, 1.165) is 12.3 Å². The van der Waals surface area contributed by atoms with Gasteiger partial charge in [-0.25, -0.2) is 4.98 Å². The Bertz CT molecular complexity index is 307. The van der Waals surface area contributed by atoms with Crippen LogP contribution in [0.5, 0.6) is 5.88 Å². The lowest BCUT2D eigenvalue weighted by molar-refractivity contribution is 0.202. The fourth-order valence-electron chi connectivity index (χ4n) is 2.08. The summed E-state index contributed by atoms with van der Waals surface area (Å²) in [5.74, 6) is 1.31. The first-order chi connectivity index (χ1) is 7.88. The molecule has 0 saturated heterocycles. The summed E-state index contributed by atoms with van der Waals surface area (Å²) in [6.45, 7) is 1.20. The van der Waals surface area contributed by atoms with Crippen LogP contribution in [0.15, 0.2) is 12.4 Å². The van der Waals surface area contributed by atoms with E-state index in [2.05, 4.69) is 9.97 Å². The lowest BCUT2D eigenvalue weighted by atomic mass is 9.90. The van der Waals surface area contributed by atoms with Crippen molar-refractivity contribution in [3.8, 4) is 5.88 Å². The van der Waals surface area contributed by atoms with Crippen LogP contribution < -0.4 is 10.5 Å². The molecular weight excluding hydrogens is 202 g/mol. The number of nitrogens with two attached hydrogens (primary N) is 1. The monoisotopic (exact) mass is 221 g/mol. The van der Waals surface area contributed by atoms with Crippen LogP contribution in [0.2, 0.25) is 0 Å². The van der Waals surface area contributed by atoms with Gasteiger partial charge in [0.05, 0.1) is 24.7 Å². The van der Waals surface area contributed by atoms with Gasteiger partial charge in [-0.1, -0.05) is 19.3 Å². The second kappa shape index (κ2) is 5.80. The molecule has 1 aliphatic rings. The zero-order valence-electron chi connectivity index (χ0n) is 9.56. The van der Waals surface area contributed by atoms with Crippen molar-refractivity contribution in [2.75, 3.05) is 6.61 Å². The molecule has 0 bridgehead atoms. The van der Waals surface area contributed by atoms with Gasteiger partial charge in [0.2, 0.25) is 5.88 Å². The zero-order chi connectivity index (χ0) is 11.2. The highest BCUT2D eigenvalue weighted by atomic mass is 16.5. The predicted molar refractivity (Wildman–Crippen MR) is 62.0 cm³/mol. The predicted octanol–water partition coefficient (Wildman–Crippen LogP) is 1.89. The molecular formula is C12H19N3O. The Hall–Kier alpha value is -1.16. The molecule has 88 valence electrons. The van der Waals surface area contributed by atoms with Gasteiger partial charge in [0, 0.05) is 6.54 Å². The molecule has 1 aromatic heterocycles. The average molecular weight is 221 g/mol. The van der Waals surface area contributed by atoms with Gasteiger partial charge in [0.15, 0.2) is 0 Å². The second-order valence-corrected chi connectivity index (χ2v) is 4.37. The van der Waals surface area contributed by atoms with Crippen LogP contribution in [0, 0.1) is 5.92 Å². The summed E-state index contributed by atoms with van der Waals surface area (Å²) >= 11 is 0. The van der Waals surface area contributed by atoms with Gasteiger partial charge in [-0.05, 0) is 18.8 Å². The van der Waals surface area contributed by atoms with Crippen molar-refractivity contribution in [2.45, 2.75) is 38.6 Å². The Labute approximate surface area is 96.2 Å². The minimum absolute atomic E-state index is 0.426. The molecule has 0 unspecified atom stereocenters. The van der Waals surface area contributed by atoms with Crippen molar-refractivity contribution in [1.82, 2.24) is 9.97 Å². The Morgan fingerprint density at radius 2 is 2.00 bits per heavy atom. The molecule has 1 aromatic rings. The summed E-state index contributed by atoms with van der Waals surface area (Å²) in [4.78, 5) is 8.32. The lowest BCUT2D eigenvalue weighted by Gasteiger charge is -2.21. The van der Waals surface area contributed by atoms with E-state index in [1.165, 1.54) is 32.1 Å². The maximum Gasteiger partial charge on any atom is 0.232 e. The zero-order valence-corrected chi connectivity index (χ0v) is 9.56. The van der Waals surface area contributed by atoms with Crippen molar-refractivity contribution in [1.29, 1.82) is 0 Å². The largest absolute Gasteiger partial charge is 0.476 e. The molecule has 0 amide bonds. The topological polar surface area (TPSA) is 61.0 Å². The summed E-state index contributed by atoms with van der Waals surface area (Å²) in [5, 5.41) is 0. The molecule has 1 fully saturated rings. The number of nitrogens with zero attached hydrogens (tertiary/aromatic N) is 2. The number of aromatic nitrogens is 2. The van der Waals surface area contributed by atoms with Gasteiger partial charge in [-0.2, -0.15) is 0 Å². The molecule has 4 heteroatoms. The number of hydrogen-bond donors (Lipinski definition) is 1. The van der Waals surface area contributed by atoms with E-state index in [9.17, 15) is 0 Å². The third kappa shape index (κ3) is 3.17. The van der Waals surface area contributed by atoms with Crippen LogP contribution in [-0.4, -0.2) is 16.6 Å². The third-order valence-electron chi connectivity index (χ3n) is 3.08. The van der Waals surface area contributed by atoms with Gasteiger partial charge in [-0.3, -0.25) is 4.98 Å². The highest BCUT2D eigenvalue weighted by Crippen LogP contribution is 2.23. The first-order valence-corrected chi connectivity index (χ1v) is 6.02. The van der Waals surface area contributed by atoms with Crippen LogP contribution in [-0.2, 0) is 6.54 Å². The first kappa shape index (κ1) is 11.3. The average Bonchev–Trinajstić information content (AvgIpc) is 2.38. The van der Waals surface area contributed by atoms with Crippen LogP contribution in [0.25, 0.3) is 0 Å². The summed E-state index contributed by atoms with van der Waals surface area (Å²) in [7, 11) is 0. The van der Waals surface area contributed by atoms with E-state index in [1.54, 1.807) is 12.4 Å². The van der Waals surface area contributed by atoms with E-state index >= 15 is 0 Å². The molecule has 2 N–H and O–H groups in total. The Kier molecular flexibility index (Phi) is 4.10.